The van der Waals surface area contributed by atoms with Gasteiger partial charge in [0.1, 0.15) is 0 Å². The highest BCUT2D eigenvalue weighted by Crippen LogP contribution is 2.23. The zero-order chi connectivity index (χ0) is 11.1. The van der Waals surface area contributed by atoms with Gasteiger partial charge in [0.15, 0.2) is 5.43 Å². The molecule has 1 aliphatic carbocycles. The zero-order valence-corrected chi connectivity index (χ0v) is 9.99. The van der Waals surface area contributed by atoms with E-state index in [2.05, 4.69) is 11.1 Å². The van der Waals surface area contributed by atoms with Gasteiger partial charge in [0, 0.05) is 27.1 Å². The van der Waals surface area contributed by atoms with Gasteiger partial charge in [0.2, 0.25) is 0 Å². The summed E-state index contributed by atoms with van der Waals surface area (Å²) >= 11 is 1.67. The molecule has 2 nitrogen and oxygen atoms in total. The summed E-state index contributed by atoms with van der Waals surface area (Å²) in [6, 6.07) is 6.07. The van der Waals surface area contributed by atoms with Crippen LogP contribution >= 0.6 is 11.8 Å². The van der Waals surface area contributed by atoms with E-state index in [0.717, 1.165) is 46.3 Å². The lowest BCUT2D eigenvalue weighted by atomic mass is 10.1. The highest BCUT2D eigenvalue weighted by Gasteiger charge is 2.16. The second-order valence-corrected chi connectivity index (χ2v) is 5.06. The molecule has 1 aromatic heterocycles. The van der Waals surface area contributed by atoms with Gasteiger partial charge in [-0.3, -0.25) is 4.79 Å². The molecule has 0 aliphatic heterocycles. The van der Waals surface area contributed by atoms with Gasteiger partial charge in [0.05, 0.1) is 0 Å². The molecule has 0 radical (unpaired) electrons. The molecular weight excluding hydrogens is 218 g/mol. The Kier molecular flexibility index (Phi) is 2.28. The third-order valence-corrected chi connectivity index (χ3v) is 3.97. The van der Waals surface area contributed by atoms with E-state index in [1.54, 1.807) is 11.8 Å². The van der Waals surface area contributed by atoms with Gasteiger partial charge < -0.3 is 4.98 Å². The van der Waals surface area contributed by atoms with E-state index in [1.165, 1.54) is 0 Å². The van der Waals surface area contributed by atoms with Crippen LogP contribution in [0.1, 0.15) is 17.7 Å². The van der Waals surface area contributed by atoms with Gasteiger partial charge in [-0.1, -0.05) is 0 Å². The van der Waals surface area contributed by atoms with Crippen molar-refractivity contribution in [3.05, 3.63) is 39.7 Å². The van der Waals surface area contributed by atoms with Crippen molar-refractivity contribution >= 4 is 22.7 Å². The Bertz CT molecular complexity index is 615. The van der Waals surface area contributed by atoms with E-state index in [1.807, 2.05) is 18.4 Å². The maximum absolute atomic E-state index is 12.3. The standard InChI is InChI=1S/C13H13NOS/c1-16-8-5-6-12-10(7-8)13(15)9-3-2-4-11(9)14-12/h5-7H,2-4H2,1H3,(H,14,15). The normalized spacial score (nSPS) is 14.3. The molecule has 1 aliphatic rings. The van der Waals surface area contributed by atoms with Crippen molar-refractivity contribution in [2.75, 3.05) is 6.26 Å². The van der Waals surface area contributed by atoms with Crippen LogP contribution in [-0.4, -0.2) is 11.2 Å². The first-order valence-electron chi connectivity index (χ1n) is 5.51. The average Bonchev–Trinajstić information content (AvgIpc) is 2.77. The van der Waals surface area contributed by atoms with Gasteiger partial charge in [-0.25, -0.2) is 0 Å². The van der Waals surface area contributed by atoms with Gasteiger partial charge in [-0.2, -0.15) is 0 Å². The minimum atomic E-state index is 0.233. The van der Waals surface area contributed by atoms with Crippen LogP contribution in [0.5, 0.6) is 0 Å². The second-order valence-electron chi connectivity index (χ2n) is 4.18. The number of benzene rings is 1. The number of hydrogen-bond acceptors (Lipinski definition) is 2. The molecule has 0 amide bonds. The molecule has 2 aromatic rings. The number of aryl methyl sites for hydroxylation is 1. The van der Waals surface area contributed by atoms with Gasteiger partial charge in [0.25, 0.3) is 0 Å². The summed E-state index contributed by atoms with van der Waals surface area (Å²) in [5, 5.41) is 0.840. The van der Waals surface area contributed by atoms with Crippen molar-refractivity contribution in [3.8, 4) is 0 Å². The highest BCUT2D eigenvalue weighted by atomic mass is 32.2. The third kappa shape index (κ3) is 1.39. The fourth-order valence-electron chi connectivity index (χ4n) is 2.40. The Balaban J connectivity index is 2.38. The molecule has 1 N–H and O–H groups in total. The van der Waals surface area contributed by atoms with E-state index < -0.39 is 0 Å². The smallest absolute Gasteiger partial charge is 0.192 e. The van der Waals surface area contributed by atoms with E-state index in [-0.39, 0.29) is 5.43 Å². The zero-order valence-electron chi connectivity index (χ0n) is 9.17. The highest BCUT2D eigenvalue weighted by molar-refractivity contribution is 7.98. The van der Waals surface area contributed by atoms with E-state index >= 15 is 0 Å². The molecule has 16 heavy (non-hydrogen) atoms. The number of nitrogens with one attached hydrogen (secondary N) is 1. The second kappa shape index (κ2) is 3.67. The van der Waals surface area contributed by atoms with Gasteiger partial charge >= 0.3 is 0 Å². The lowest BCUT2D eigenvalue weighted by Gasteiger charge is -2.04. The number of aromatic nitrogens is 1. The first-order chi connectivity index (χ1) is 7.79. The number of pyridine rings is 1. The van der Waals surface area contributed by atoms with Crippen LogP contribution in [-0.2, 0) is 12.8 Å². The summed E-state index contributed by atoms with van der Waals surface area (Å²) in [7, 11) is 0. The average molecular weight is 231 g/mol. The Hall–Kier alpha value is -1.22. The summed E-state index contributed by atoms with van der Waals surface area (Å²) in [6.07, 6.45) is 5.09. The van der Waals surface area contributed by atoms with Crippen molar-refractivity contribution < 1.29 is 0 Å². The van der Waals surface area contributed by atoms with E-state index in [4.69, 9.17) is 0 Å². The largest absolute Gasteiger partial charge is 0.358 e. The van der Waals surface area contributed by atoms with Crippen molar-refractivity contribution in [2.45, 2.75) is 24.2 Å². The monoisotopic (exact) mass is 231 g/mol. The Morgan fingerprint density at radius 2 is 2.19 bits per heavy atom. The van der Waals surface area contributed by atoms with Crippen LogP contribution < -0.4 is 5.43 Å². The van der Waals surface area contributed by atoms with Crippen LogP contribution in [0, 0.1) is 0 Å². The number of rotatable bonds is 1. The maximum Gasteiger partial charge on any atom is 0.192 e. The Morgan fingerprint density at radius 1 is 1.31 bits per heavy atom. The molecule has 0 spiro atoms. The number of H-pyrrole nitrogens is 1. The SMILES string of the molecule is CSc1ccc2[nH]c3c(c(=O)c2c1)CCC3. The van der Waals surface area contributed by atoms with Crippen LogP contribution in [0.2, 0.25) is 0 Å². The van der Waals surface area contributed by atoms with Crippen LogP contribution in [0.15, 0.2) is 27.9 Å². The molecule has 0 unspecified atom stereocenters. The van der Waals surface area contributed by atoms with Crippen molar-refractivity contribution in [2.24, 2.45) is 0 Å². The lowest BCUT2D eigenvalue weighted by molar-refractivity contribution is 0.900. The predicted octanol–water partition coefficient (Wildman–Crippen LogP) is 2.74. The summed E-state index contributed by atoms with van der Waals surface area (Å²) in [4.78, 5) is 16.8. The number of hydrogen-bond donors (Lipinski definition) is 1. The Labute approximate surface area is 98.1 Å². The summed E-state index contributed by atoms with van der Waals surface area (Å²) in [5.74, 6) is 0. The van der Waals surface area contributed by atoms with Gasteiger partial charge in [-0.05, 0) is 43.7 Å². The third-order valence-electron chi connectivity index (χ3n) is 3.25. The summed E-state index contributed by atoms with van der Waals surface area (Å²) in [6.45, 7) is 0. The quantitative estimate of drug-likeness (QED) is 0.765. The fraction of sp³-hybridized carbons (Fsp3) is 0.308. The lowest BCUT2D eigenvalue weighted by Crippen LogP contribution is -2.10. The molecular formula is C13H13NOS. The molecule has 82 valence electrons. The molecule has 1 aromatic carbocycles. The van der Waals surface area contributed by atoms with E-state index in [0.29, 0.717) is 0 Å². The number of fused-ring (bicyclic) bond motifs is 2. The van der Waals surface area contributed by atoms with Crippen LogP contribution in [0.4, 0.5) is 0 Å². The molecule has 1 heterocycles. The number of aromatic amines is 1. The van der Waals surface area contributed by atoms with Gasteiger partial charge in [-0.15, -0.1) is 11.8 Å². The summed E-state index contributed by atoms with van der Waals surface area (Å²) in [5.41, 5.74) is 3.36. The fourth-order valence-corrected chi connectivity index (χ4v) is 2.84. The first kappa shape index (κ1) is 9.97. The maximum atomic E-state index is 12.3. The van der Waals surface area contributed by atoms with Crippen LogP contribution in [0.3, 0.4) is 0 Å². The van der Waals surface area contributed by atoms with E-state index in [9.17, 15) is 4.79 Å². The van der Waals surface area contributed by atoms with Crippen molar-refractivity contribution in [1.82, 2.24) is 4.98 Å². The van der Waals surface area contributed by atoms with Crippen molar-refractivity contribution in [1.29, 1.82) is 0 Å². The molecule has 0 saturated carbocycles. The van der Waals surface area contributed by atoms with Crippen LogP contribution in [0.25, 0.3) is 10.9 Å². The topological polar surface area (TPSA) is 32.9 Å². The minimum Gasteiger partial charge on any atom is -0.358 e. The summed E-state index contributed by atoms with van der Waals surface area (Å²) < 4.78 is 0. The molecule has 0 saturated heterocycles. The molecule has 3 heteroatoms. The molecule has 0 fully saturated rings. The first-order valence-corrected chi connectivity index (χ1v) is 6.74. The number of thioether (sulfide) groups is 1. The predicted molar refractivity (Wildman–Crippen MR) is 68.4 cm³/mol. The Morgan fingerprint density at radius 3 is 3.00 bits per heavy atom. The molecule has 3 rings (SSSR count). The molecule has 0 bridgehead atoms. The van der Waals surface area contributed by atoms with Crippen molar-refractivity contribution in [3.63, 3.8) is 0 Å². The minimum absolute atomic E-state index is 0.233. The molecule has 0 atom stereocenters.